The molecule has 3 aliphatic rings. The standard InChI is InChI=1S/C24H32N4O5/c29-17-16-25-12-14-26(15-13-25)22-21(18-8-10-20(11-9-18)28(32)33)23(30)27(24(22)31)19-6-4-2-1-3-5-7-19/h8-11,19,29H,1-7,12-17H2. The molecule has 0 unspecified atom stereocenters. The van der Waals surface area contributed by atoms with Crippen molar-refractivity contribution in [1.29, 1.82) is 0 Å². The number of hydrogen-bond acceptors (Lipinski definition) is 7. The van der Waals surface area contributed by atoms with E-state index in [-0.39, 0.29) is 30.2 Å². The molecule has 1 saturated carbocycles. The van der Waals surface area contributed by atoms with Gasteiger partial charge in [0.15, 0.2) is 0 Å². The van der Waals surface area contributed by atoms with Crippen LogP contribution in [-0.2, 0) is 9.59 Å². The zero-order valence-electron chi connectivity index (χ0n) is 18.9. The molecule has 9 nitrogen and oxygen atoms in total. The fourth-order valence-corrected chi connectivity index (χ4v) is 5.20. The lowest BCUT2D eigenvalue weighted by molar-refractivity contribution is -0.384. The topological polar surface area (TPSA) is 107 Å². The number of aliphatic hydroxyl groups excluding tert-OH is 1. The molecule has 4 rings (SSSR count). The summed E-state index contributed by atoms with van der Waals surface area (Å²) in [6.07, 6.45) is 7.09. The van der Waals surface area contributed by atoms with Gasteiger partial charge in [0.2, 0.25) is 0 Å². The molecule has 178 valence electrons. The minimum Gasteiger partial charge on any atom is -0.395 e. The molecular weight excluding hydrogens is 424 g/mol. The average Bonchev–Trinajstić information content (AvgIpc) is 3.05. The van der Waals surface area contributed by atoms with Crippen molar-refractivity contribution < 1.29 is 19.6 Å². The molecule has 33 heavy (non-hydrogen) atoms. The second-order valence-corrected chi connectivity index (χ2v) is 9.06. The van der Waals surface area contributed by atoms with Crippen LogP contribution in [0.1, 0.15) is 50.5 Å². The van der Waals surface area contributed by atoms with Crippen LogP contribution in [0.5, 0.6) is 0 Å². The van der Waals surface area contributed by atoms with Crippen molar-refractivity contribution >= 4 is 23.1 Å². The number of hydrogen-bond donors (Lipinski definition) is 1. The Morgan fingerprint density at radius 2 is 1.52 bits per heavy atom. The summed E-state index contributed by atoms with van der Waals surface area (Å²) in [6, 6.07) is 5.81. The summed E-state index contributed by atoms with van der Waals surface area (Å²) >= 11 is 0. The quantitative estimate of drug-likeness (QED) is 0.398. The number of benzene rings is 1. The van der Waals surface area contributed by atoms with Gasteiger partial charge in [-0.1, -0.05) is 32.1 Å². The lowest BCUT2D eigenvalue weighted by Gasteiger charge is -2.36. The SMILES string of the molecule is O=C1C(c2ccc([N+](=O)[O-])cc2)=C(N2CCN(CCO)CC2)C(=O)N1C1CCCCCCC1. The Morgan fingerprint density at radius 1 is 0.909 bits per heavy atom. The van der Waals surface area contributed by atoms with Crippen LogP contribution in [0.3, 0.4) is 0 Å². The third-order valence-corrected chi connectivity index (χ3v) is 7.00. The second kappa shape index (κ2) is 10.4. The normalized spacial score (nSPS) is 21.5. The molecular formula is C24H32N4O5. The first-order valence-electron chi connectivity index (χ1n) is 12.0. The van der Waals surface area contributed by atoms with Gasteiger partial charge in [0.25, 0.3) is 17.5 Å². The molecule has 2 aliphatic heterocycles. The van der Waals surface area contributed by atoms with Gasteiger partial charge in [-0.2, -0.15) is 0 Å². The van der Waals surface area contributed by atoms with E-state index in [1.54, 1.807) is 12.1 Å². The first kappa shape index (κ1) is 23.4. The summed E-state index contributed by atoms with van der Waals surface area (Å²) in [5.74, 6) is -0.526. The van der Waals surface area contributed by atoms with Crippen LogP contribution in [0.25, 0.3) is 5.57 Å². The molecule has 2 amide bonds. The number of nitro groups is 1. The van der Waals surface area contributed by atoms with Gasteiger partial charge in [-0.15, -0.1) is 0 Å². The van der Waals surface area contributed by atoms with Gasteiger partial charge in [0, 0.05) is 50.9 Å². The van der Waals surface area contributed by atoms with Crippen LogP contribution in [0, 0.1) is 10.1 Å². The summed E-state index contributed by atoms with van der Waals surface area (Å²) < 4.78 is 0. The van der Waals surface area contributed by atoms with Gasteiger partial charge in [-0.05, 0) is 30.5 Å². The molecule has 0 aromatic heterocycles. The van der Waals surface area contributed by atoms with Crippen molar-refractivity contribution in [3.63, 3.8) is 0 Å². The summed E-state index contributed by atoms with van der Waals surface area (Å²) in [4.78, 5) is 43.6. The Hall–Kier alpha value is -2.78. The van der Waals surface area contributed by atoms with E-state index in [4.69, 9.17) is 0 Å². The van der Waals surface area contributed by atoms with E-state index in [0.29, 0.717) is 49.6 Å². The highest BCUT2D eigenvalue weighted by Crippen LogP contribution is 2.36. The molecule has 0 radical (unpaired) electrons. The first-order valence-corrected chi connectivity index (χ1v) is 12.0. The molecule has 0 atom stereocenters. The molecule has 1 N–H and O–H groups in total. The van der Waals surface area contributed by atoms with Crippen LogP contribution in [0.15, 0.2) is 30.0 Å². The Morgan fingerprint density at radius 3 is 2.09 bits per heavy atom. The van der Waals surface area contributed by atoms with Gasteiger partial charge < -0.3 is 10.0 Å². The summed E-state index contributed by atoms with van der Waals surface area (Å²) in [5.41, 5.74) is 1.26. The number of nitrogens with zero attached hydrogens (tertiary/aromatic N) is 4. The number of piperazine rings is 1. The maximum Gasteiger partial charge on any atom is 0.278 e. The van der Waals surface area contributed by atoms with Crippen LogP contribution in [0.2, 0.25) is 0 Å². The van der Waals surface area contributed by atoms with Crippen molar-refractivity contribution in [3.05, 3.63) is 45.6 Å². The van der Waals surface area contributed by atoms with Gasteiger partial charge in [0.05, 0.1) is 17.1 Å². The van der Waals surface area contributed by atoms with Gasteiger partial charge in [-0.3, -0.25) is 29.5 Å². The summed E-state index contributed by atoms with van der Waals surface area (Å²) in [6.45, 7) is 3.24. The molecule has 2 fully saturated rings. The van der Waals surface area contributed by atoms with Crippen LogP contribution < -0.4 is 0 Å². The highest BCUT2D eigenvalue weighted by atomic mass is 16.6. The Bertz CT molecular complexity index is 913. The maximum atomic E-state index is 13.7. The predicted molar refractivity (Wildman–Crippen MR) is 123 cm³/mol. The van der Waals surface area contributed by atoms with Crippen molar-refractivity contribution in [2.24, 2.45) is 0 Å². The number of carbonyl (C=O) groups excluding carboxylic acids is 2. The number of β-amino-alcohol motifs (C(OH)–C–C–N with tert-alkyl or cyclic N) is 1. The third-order valence-electron chi connectivity index (χ3n) is 7.00. The van der Waals surface area contributed by atoms with Crippen LogP contribution in [-0.4, -0.2) is 81.9 Å². The smallest absolute Gasteiger partial charge is 0.278 e. The maximum absolute atomic E-state index is 13.7. The van der Waals surface area contributed by atoms with Gasteiger partial charge in [0.1, 0.15) is 5.70 Å². The molecule has 1 aromatic rings. The average molecular weight is 457 g/mol. The molecule has 0 spiro atoms. The molecule has 1 aromatic carbocycles. The van der Waals surface area contributed by atoms with Crippen molar-refractivity contribution in [1.82, 2.24) is 14.7 Å². The number of aliphatic hydroxyl groups is 1. The molecule has 9 heteroatoms. The fourth-order valence-electron chi connectivity index (χ4n) is 5.20. The molecule has 0 bridgehead atoms. The predicted octanol–water partition coefficient (Wildman–Crippen LogP) is 2.40. The van der Waals surface area contributed by atoms with Gasteiger partial charge in [-0.25, -0.2) is 0 Å². The summed E-state index contributed by atoms with van der Waals surface area (Å²) in [7, 11) is 0. The molecule has 1 saturated heterocycles. The minimum absolute atomic E-state index is 0.0489. The number of nitro benzene ring substituents is 1. The van der Waals surface area contributed by atoms with E-state index in [1.807, 2.05) is 4.90 Å². The van der Waals surface area contributed by atoms with Gasteiger partial charge >= 0.3 is 0 Å². The van der Waals surface area contributed by atoms with Crippen molar-refractivity contribution in [2.75, 3.05) is 39.3 Å². The number of imide groups is 1. The largest absolute Gasteiger partial charge is 0.395 e. The van der Waals surface area contributed by atoms with E-state index in [9.17, 15) is 24.8 Å². The Kier molecular flexibility index (Phi) is 7.39. The number of rotatable bonds is 6. The van der Waals surface area contributed by atoms with E-state index in [1.165, 1.54) is 23.5 Å². The highest BCUT2D eigenvalue weighted by Gasteiger charge is 2.45. The number of amides is 2. The van der Waals surface area contributed by atoms with Crippen molar-refractivity contribution in [2.45, 2.75) is 51.0 Å². The monoisotopic (exact) mass is 456 g/mol. The van der Waals surface area contributed by atoms with E-state index >= 15 is 0 Å². The van der Waals surface area contributed by atoms with E-state index in [0.717, 1.165) is 38.5 Å². The van der Waals surface area contributed by atoms with Crippen LogP contribution >= 0.6 is 0 Å². The number of non-ortho nitro benzene ring substituents is 1. The lowest BCUT2D eigenvalue weighted by atomic mass is 9.95. The highest BCUT2D eigenvalue weighted by molar-refractivity contribution is 6.35. The Labute approximate surface area is 193 Å². The third kappa shape index (κ3) is 4.94. The summed E-state index contributed by atoms with van der Waals surface area (Å²) in [5, 5.41) is 20.3. The fraction of sp³-hybridized carbons (Fsp3) is 0.583. The second-order valence-electron chi connectivity index (χ2n) is 9.06. The molecule has 2 heterocycles. The lowest BCUT2D eigenvalue weighted by Crippen LogP contribution is -2.49. The minimum atomic E-state index is -0.470. The van der Waals surface area contributed by atoms with Crippen molar-refractivity contribution in [3.8, 4) is 0 Å². The van der Waals surface area contributed by atoms with E-state index in [2.05, 4.69) is 4.90 Å². The Balaban J connectivity index is 1.67. The van der Waals surface area contributed by atoms with E-state index < -0.39 is 4.92 Å². The first-order chi connectivity index (χ1) is 16.0. The molecule has 1 aliphatic carbocycles. The number of carbonyl (C=O) groups is 2. The van der Waals surface area contributed by atoms with Crippen LogP contribution in [0.4, 0.5) is 5.69 Å². The zero-order valence-corrected chi connectivity index (χ0v) is 18.9. The zero-order chi connectivity index (χ0) is 23.4.